The number of benzene rings is 1. The summed E-state index contributed by atoms with van der Waals surface area (Å²) in [6.45, 7) is 10.5. The molecule has 0 spiro atoms. The number of likely N-dealkylation sites (tertiary alicyclic amines) is 1. The fraction of sp³-hybridized carbons (Fsp3) is 0.588. The van der Waals surface area contributed by atoms with Crippen molar-refractivity contribution in [2.75, 3.05) is 13.1 Å². The first-order chi connectivity index (χ1) is 10.2. The van der Waals surface area contributed by atoms with Crippen LogP contribution in [-0.2, 0) is 11.3 Å². The van der Waals surface area contributed by atoms with Gasteiger partial charge in [-0.05, 0) is 45.7 Å². The highest BCUT2D eigenvalue weighted by atomic mass is 79.9. The number of amides is 1. The first-order valence-corrected chi connectivity index (χ1v) is 8.49. The third-order valence-electron chi connectivity index (χ3n) is 3.59. The number of ether oxygens (including phenoxy) is 1. The lowest BCUT2D eigenvalue weighted by Gasteiger charge is -2.22. The molecular weight excluding hydrogens is 344 g/mol. The second kappa shape index (κ2) is 7.01. The van der Waals surface area contributed by atoms with Crippen LogP contribution in [0.5, 0.6) is 0 Å². The number of hydrogen-bond donors (Lipinski definition) is 1. The topological polar surface area (TPSA) is 41.6 Å². The summed E-state index contributed by atoms with van der Waals surface area (Å²) in [6.07, 6.45) is 0.638. The Bertz CT molecular complexity index is 540. The quantitative estimate of drug-likeness (QED) is 0.880. The van der Waals surface area contributed by atoms with Crippen LogP contribution in [0.3, 0.4) is 0 Å². The van der Waals surface area contributed by atoms with Gasteiger partial charge in [0.05, 0.1) is 0 Å². The number of alkyl carbamates (subject to hydrolysis) is 1. The zero-order valence-corrected chi connectivity index (χ0v) is 15.4. The fourth-order valence-corrected chi connectivity index (χ4v) is 3.01. The van der Waals surface area contributed by atoms with Gasteiger partial charge < -0.3 is 10.1 Å². The molecule has 0 radical (unpaired) electrons. The first-order valence-electron chi connectivity index (χ1n) is 7.70. The minimum absolute atomic E-state index is 0.165. The highest BCUT2D eigenvalue weighted by molar-refractivity contribution is 9.10. The molecule has 5 heteroatoms. The van der Waals surface area contributed by atoms with Crippen LogP contribution >= 0.6 is 15.9 Å². The molecule has 1 aliphatic rings. The molecule has 0 unspecified atom stereocenters. The maximum Gasteiger partial charge on any atom is 0.407 e. The van der Waals surface area contributed by atoms with Gasteiger partial charge in [-0.3, -0.25) is 4.90 Å². The number of nitrogens with zero attached hydrogens (tertiary/aromatic N) is 1. The third kappa shape index (κ3) is 5.29. The summed E-state index contributed by atoms with van der Waals surface area (Å²) in [6, 6.07) is 6.57. The number of carbonyl (C=O) groups excluding carboxylic acids is 1. The van der Waals surface area contributed by atoms with E-state index in [1.54, 1.807) is 0 Å². The minimum atomic E-state index is -0.450. The van der Waals surface area contributed by atoms with Crippen LogP contribution in [0.2, 0.25) is 0 Å². The van der Waals surface area contributed by atoms with Crippen molar-refractivity contribution < 1.29 is 9.53 Å². The van der Waals surface area contributed by atoms with Gasteiger partial charge >= 0.3 is 6.09 Å². The Morgan fingerprint density at radius 1 is 1.45 bits per heavy atom. The average molecular weight is 369 g/mol. The van der Waals surface area contributed by atoms with Crippen molar-refractivity contribution >= 4 is 22.0 Å². The number of aryl methyl sites for hydroxylation is 1. The molecule has 1 amide bonds. The largest absolute Gasteiger partial charge is 0.444 e. The predicted molar refractivity (Wildman–Crippen MR) is 91.9 cm³/mol. The van der Waals surface area contributed by atoms with Crippen LogP contribution < -0.4 is 5.32 Å². The number of hydrogen-bond acceptors (Lipinski definition) is 3. The molecule has 1 heterocycles. The lowest BCUT2D eigenvalue weighted by atomic mass is 10.1. The van der Waals surface area contributed by atoms with Crippen molar-refractivity contribution in [3.63, 3.8) is 0 Å². The van der Waals surface area contributed by atoms with Crippen molar-refractivity contribution in [2.45, 2.75) is 52.3 Å². The molecule has 1 fully saturated rings. The summed E-state index contributed by atoms with van der Waals surface area (Å²) in [5.74, 6) is 0. The lowest BCUT2D eigenvalue weighted by molar-refractivity contribution is 0.0506. The maximum atomic E-state index is 11.8. The summed E-state index contributed by atoms with van der Waals surface area (Å²) in [5, 5.41) is 2.96. The van der Waals surface area contributed by atoms with Gasteiger partial charge in [-0.2, -0.15) is 0 Å². The van der Waals surface area contributed by atoms with E-state index >= 15 is 0 Å². The van der Waals surface area contributed by atoms with Gasteiger partial charge in [0.25, 0.3) is 0 Å². The number of halogens is 1. The molecule has 4 nitrogen and oxygen atoms in total. The SMILES string of the molecule is Cc1ccc(Br)c(CN2CC[C@@H](NC(=O)OC(C)(C)C)C2)c1. The van der Waals surface area contributed by atoms with Gasteiger partial charge in [0.1, 0.15) is 5.60 Å². The summed E-state index contributed by atoms with van der Waals surface area (Å²) >= 11 is 3.61. The molecule has 1 saturated heterocycles. The van der Waals surface area contributed by atoms with E-state index in [0.717, 1.165) is 30.5 Å². The van der Waals surface area contributed by atoms with Crippen LogP contribution in [0.4, 0.5) is 4.79 Å². The smallest absolute Gasteiger partial charge is 0.407 e. The molecule has 0 bridgehead atoms. The minimum Gasteiger partial charge on any atom is -0.444 e. The molecule has 1 atom stereocenters. The van der Waals surface area contributed by atoms with Gasteiger partial charge in [0.2, 0.25) is 0 Å². The Morgan fingerprint density at radius 2 is 2.18 bits per heavy atom. The first kappa shape index (κ1) is 17.3. The van der Waals surface area contributed by atoms with Crippen molar-refractivity contribution in [1.29, 1.82) is 0 Å². The predicted octanol–water partition coefficient (Wildman–Crippen LogP) is 3.86. The maximum absolute atomic E-state index is 11.8. The van der Waals surface area contributed by atoms with E-state index in [1.807, 2.05) is 20.8 Å². The standard InChI is InChI=1S/C17H25BrN2O2/c1-12-5-6-15(18)13(9-12)10-20-8-7-14(11-20)19-16(21)22-17(2,3)4/h5-6,9,14H,7-8,10-11H2,1-4H3,(H,19,21)/t14-/m1/s1. The molecule has 122 valence electrons. The summed E-state index contributed by atoms with van der Waals surface area (Å²) in [7, 11) is 0. The monoisotopic (exact) mass is 368 g/mol. The summed E-state index contributed by atoms with van der Waals surface area (Å²) in [4.78, 5) is 14.2. The number of nitrogens with one attached hydrogen (secondary N) is 1. The molecule has 1 aromatic rings. The van der Waals surface area contributed by atoms with Gasteiger partial charge in [-0.25, -0.2) is 4.79 Å². The highest BCUT2D eigenvalue weighted by Gasteiger charge is 2.26. The van der Waals surface area contributed by atoms with E-state index in [1.165, 1.54) is 11.1 Å². The molecule has 2 rings (SSSR count). The Morgan fingerprint density at radius 3 is 2.86 bits per heavy atom. The van der Waals surface area contributed by atoms with E-state index in [4.69, 9.17) is 4.74 Å². The molecule has 1 aromatic carbocycles. The Kier molecular flexibility index (Phi) is 5.50. The van der Waals surface area contributed by atoms with Gasteiger partial charge in [-0.15, -0.1) is 0 Å². The van der Waals surface area contributed by atoms with Crippen LogP contribution in [0, 0.1) is 6.92 Å². The van der Waals surface area contributed by atoms with E-state index in [0.29, 0.717) is 0 Å². The van der Waals surface area contributed by atoms with Crippen molar-refractivity contribution in [1.82, 2.24) is 10.2 Å². The highest BCUT2D eigenvalue weighted by Crippen LogP contribution is 2.22. The number of carbonyl (C=O) groups is 1. The van der Waals surface area contributed by atoms with Gasteiger partial charge in [-0.1, -0.05) is 33.6 Å². The molecule has 0 aliphatic carbocycles. The fourth-order valence-electron chi connectivity index (χ4n) is 2.63. The Balaban J connectivity index is 1.85. The van der Waals surface area contributed by atoms with Crippen LogP contribution in [0.15, 0.2) is 22.7 Å². The zero-order valence-electron chi connectivity index (χ0n) is 13.8. The lowest BCUT2D eigenvalue weighted by Crippen LogP contribution is -2.40. The molecule has 0 saturated carbocycles. The second-order valence-corrected chi connectivity index (χ2v) is 7.82. The molecule has 1 N–H and O–H groups in total. The molecule has 0 aromatic heterocycles. The van der Waals surface area contributed by atoms with E-state index in [2.05, 4.69) is 51.3 Å². The average Bonchev–Trinajstić information content (AvgIpc) is 2.78. The van der Waals surface area contributed by atoms with E-state index in [-0.39, 0.29) is 12.1 Å². The molecule has 1 aliphatic heterocycles. The molecule has 22 heavy (non-hydrogen) atoms. The normalized spacial score (nSPS) is 19.2. The molecular formula is C17H25BrN2O2. The van der Waals surface area contributed by atoms with Crippen molar-refractivity contribution in [3.8, 4) is 0 Å². The van der Waals surface area contributed by atoms with Gasteiger partial charge in [0.15, 0.2) is 0 Å². The van der Waals surface area contributed by atoms with Crippen LogP contribution in [-0.4, -0.2) is 35.7 Å². The van der Waals surface area contributed by atoms with E-state index in [9.17, 15) is 4.79 Å². The number of rotatable bonds is 3. The van der Waals surface area contributed by atoms with Crippen LogP contribution in [0.1, 0.15) is 38.3 Å². The second-order valence-electron chi connectivity index (χ2n) is 6.96. The van der Waals surface area contributed by atoms with Gasteiger partial charge in [0, 0.05) is 30.1 Å². The third-order valence-corrected chi connectivity index (χ3v) is 4.36. The Hall–Kier alpha value is -1.07. The summed E-state index contributed by atoms with van der Waals surface area (Å²) in [5.41, 5.74) is 2.10. The Labute approximate surface area is 141 Å². The summed E-state index contributed by atoms with van der Waals surface area (Å²) < 4.78 is 6.45. The van der Waals surface area contributed by atoms with Crippen molar-refractivity contribution in [3.05, 3.63) is 33.8 Å². The van der Waals surface area contributed by atoms with Crippen LogP contribution in [0.25, 0.3) is 0 Å². The van der Waals surface area contributed by atoms with Crippen molar-refractivity contribution in [2.24, 2.45) is 0 Å². The zero-order chi connectivity index (χ0) is 16.3. The van der Waals surface area contributed by atoms with E-state index < -0.39 is 5.60 Å².